The molecule has 0 atom stereocenters. The van der Waals surface area contributed by atoms with Gasteiger partial charge in [-0.15, -0.1) is 12.3 Å². The zero-order chi connectivity index (χ0) is 10.1. The van der Waals surface area contributed by atoms with Crippen molar-refractivity contribution in [3.63, 3.8) is 0 Å². The molecule has 0 aromatic carbocycles. The van der Waals surface area contributed by atoms with Crippen LogP contribution >= 0.6 is 0 Å². The maximum absolute atomic E-state index is 5.18. The van der Waals surface area contributed by atoms with Gasteiger partial charge in [0.25, 0.3) is 0 Å². The largest absolute Gasteiger partial charge is 0.374 e. The van der Waals surface area contributed by atoms with Gasteiger partial charge in [-0.2, -0.15) is 0 Å². The van der Waals surface area contributed by atoms with E-state index in [4.69, 9.17) is 6.42 Å². The van der Waals surface area contributed by atoms with Crippen LogP contribution < -0.4 is 5.32 Å². The molecule has 0 aliphatic carbocycles. The number of unbranched alkanes of at least 4 members (excludes halogenated alkanes) is 2. The molecule has 78 valence electrons. The molecule has 0 saturated carbocycles. The number of hydrogen-bond acceptors (Lipinski definition) is 2. The Morgan fingerprint density at radius 3 is 3.07 bits per heavy atom. The molecule has 0 radical (unpaired) electrons. The maximum Gasteiger partial charge on any atom is 0.0963 e. The number of terminal acetylenes is 1. The highest BCUT2D eigenvalue weighted by Gasteiger charge is 2.02. The molecule has 0 aromatic heterocycles. The highest BCUT2D eigenvalue weighted by molar-refractivity contribution is 5.82. The van der Waals surface area contributed by atoms with E-state index in [1.807, 2.05) is 0 Å². The second kappa shape index (κ2) is 7.44. The van der Waals surface area contributed by atoms with Crippen LogP contribution in [0, 0.1) is 12.3 Å². The van der Waals surface area contributed by atoms with Crippen molar-refractivity contribution in [2.24, 2.45) is 4.99 Å². The molecular formula is C12H20N2. The van der Waals surface area contributed by atoms with Crippen molar-refractivity contribution < 1.29 is 0 Å². The van der Waals surface area contributed by atoms with Crippen LogP contribution in [0.3, 0.4) is 0 Å². The van der Waals surface area contributed by atoms with Crippen molar-refractivity contribution in [3.8, 4) is 12.3 Å². The first kappa shape index (κ1) is 11.1. The average Bonchev–Trinajstić information content (AvgIpc) is 2.46. The van der Waals surface area contributed by atoms with E-state index in [1.54, 1.807) is 0 Å². The van der Waals surface area contributed by atoms with Gasteiger partial charge in [0, 0.05) is 25.9 Å². The van der Waals surface area contributed by atoms with Gasteiger partial charge < -0.3 is 5.32 Å². The van der Waals surface area contributed by atoms with Gasteiger partial charge in [0.2, 0.25) is 0 Å². The minimum absolute atomic E-state index is 0.897. The summed E-state index contributed by atoms with van der Waals surface area (Å²) in [7, 11) is 0. The molecule has 2 heteroatoms. The summed E-state index contributed by atoms with van der Waals surface area (Å²) < 4.78 is 0. The lowest BCUT2D eigenvalue weighted by molar-refractivity contribution is 0.709. The lowest BCUT2D eigenvalue weighted by atomic mass is 10.2. The Labute approximate surface area is 87.2 Å². The average molecular weight is 192 g/mol. The summed E-state index contributed by atoms with van der Waals surface area (Å²) in [4.78, 5) is 4.51. The van der Waals surface area contributed by atoms with Crippen LogP contribution in [0.5, 0.6) is 0 Å². The second-order valence-corrected chi connectivity index (χ2v) is 3.73. The number of amidine groups is 1. The van der Waals surface area contributed by atoms with E-state index in [0.717, 1.165) is 38.8 Å². The third-order valence-electron chi connectivity index (χ3n) is 2.45. The Bertz CT molecular complexity index is 213. The molecule has 14 heavy (non-hydrogen) atoms. The highest BCUT2D eigenvalue weighted by atomic mass is 15.0. The van der Waals surface area contributed by atoms with Crippen molar-refractivity contribution in [2.45, 2.75) is 44.9 Å². The Balaban J connectivity index is 2.05. The Hall–Kier alpha value is -0.970. The van der Waals surface area contributed by atoms with Crippen molar-refractivity contribution in [3.05, 3.63) is 0 Å². The van der Waals surface area contributed by atoms with Gasteiger partial charge in [-0.05, 0) is 25.7 Å². The van der Waals surface area contributed by atoms with Crippen LogP contribution in [0.15, 0.2) is 4.99 Å². The summed E-state index contributed by atoms with van der Waals surface area (Å²) in [6, 6.07) is 0. The summed E-state index contributed by atoms with van der Waals surface area (Å²) in [5.74, 6) is 3.87. The first-order chi connectivity index (χ1) is 6.93. The predicted molar refractivity (Wildman–Crippen MR) is 61.5 cm³/mol. The number of rotatable bonds is 4. The third kappa shape index (κ3) is 4.91. The number of hydrogen-bond donors (Lipinski definition) is 1. The van der Waals surface area contributed by atoms with Gasteiger partial charge in [-0.1, -0.05) is 6.42 Å². The normalized spacial score (nSPS) is 16.6. The minimum atomic E-state index is 0.897. The first-order valence-corrected chi connectivity index (χ1v) is 5.64. The van der Waals surface area contributed by atoms with Crippen LogP contribution in [-0.4, -0.2) is 18.9 Å². The lowest BCUT2D eigenvalue weighted by Crippen LogP contribution is -2.24. The molecule has 1 N–H and O–H groups in total. The molecule has 2 nitrogen and oxygen atoms in total. The van der Waals surface area contributed by atoms with Gasteiger partial charge in [0.1, 0.15) is 0 Å². The second-order valence-electron chi connectivity index (χ2n) is 3.73. The Morgan fingerprint density at radius 1 is 1.29 bits per heavy atom. The Kier molecular flexibility index (Phi) is 5.90. The monoisotopic (exact) mass is 192 g/mol. The molecule has 0 unspecified atom stereocenters. The standard InChI is InChI=1S/C12H20N2/c1-2-3-4-7-10-13-12-9-6-5-8-11-14-12/h1H,3-11H2,(H,13,14). The van der Waals surface area contributed by atoms with Crippen molar-refractivity contribution in [1.82, 2.24) is 5.32 Å². The van der Waals surface area contributed by atoms with Gasteiger partial charge in [0.15, 0.2) is 0 Å². The van der Waals surface area contributed by atoms with Crippen LogP contribution in [0.25, 0.3) is 0 Å². The summed E-state index contributed by atoms with van der Waals surface area (Å²) >= 11 is 0. The number of aliphatic imine (C=N–C) groups is 1. The fourth-order valence-electron chi connectivity index (χ4n) is 1.60. The van der Waals surface area contributed by atoms with Gasteiger partial charge in [-0.3, -0.25) is 4.99 Å². The van der Waals surface area contributed by atoms with Crippen molar-refractivity contribution in [1.29, 1.82) is 0 Å². The van der Waals surface area contributed by atoms with Crippen molar-refractivity contribution >= 4 is 5.84 Å². The zero-order valence-electron chi connectivity index (χ0n) is 8.89. The molecule has 0 saturated heterocycles. The van der Waals surface area contributed by atoms with Crippen LogP contribution in [0.1, 0.15) is 44.9 Å². The van der Waals surface area contributed by atoms with Crippen LogP contribution in [-0.2, 0) is 0 Å². The van der Waals surface area contributed by atoms with E-state index in [-0.39, 0.29) is 0 Å². The topological polar surface area (TPSA) is 24.4 Å². The molecule has 0 spiro atoms. The molecule has 1 heterocycles. The summed E-state index contributed by atoms with van der Waals surface area (Å²) in [5.41, 5.74) is 0. The van der Waals surface area contributed by atoms with Crippen LogP contribution in [0.2, 0.25) is 0 Å². The molecular weight excluding hydrogens is 172 g/mol. The summed E-state index contributed by atoms with van der Waals surface area (Å²) in [6.45, 7) is 2.03. The molecule has 0 bridgehead atoms. The quantitative estimate of drug-likeness (QED) is 0.536. The molecule has 1 rings (SSSR count). The first-order valence-electron chi connectivity index (χ1n) is 5.64. The Morgan fingerprint density at radius 2 is 2.21 bits per heavy atom. The third-order valence-corrected chi connectivity index (χ3v) is 2.45. The number of nitrogens with one attached hydrogen (secondary N) is 1. The predicted octanol–water partition coefficient (Wildman–Crippen LogP) is 2.35. The van der Waals surface area contributed by atoms with E-state index >= 15 is 0 Å². The zero-order valence-corrected chi connectivity index (χ0v) is 8.89. The van der Waals surface area contributed by atoms with Crippen molar-refractivity contribution in [2.75, 3.05) is 13.1 Å². The molecule has 1 aliphatic heterocycles. The van der Waals surface area contributed by atoms with E-state index < -0.39 is 0 Å². The van der Waals surface area contributed by atoms with E-state index in [9.17, 15) is 0 Å². The number of nitrogens with zero attached hydrogens (tertiary/aromatic N) is 1. The lowest BCUT2D eigenvalue weighted by Gasteiger charge is -2.06. The fraction of sp³-hybridized carbons (Fsp3) is 0.750. The van der Waals surface area contributed by atoms with E-state index in [0.29, 0.717) is 0 Å². The maximum atomic E-state index is 5.18. The summed E-state index contributed by atoms with van der Waals surface area (Å²) in [5, 5.41) is 3.40. The highest BCUT2D eigenvalue weighted by Crippen LogP contribution is 2.06. The minimum Gasteiger partial charge on any atom is -0.374 e. The molecule has 1 aliphatic rings. The molecule has 0 aromatic rings. The van der Waals surface area contributed by atoms with E-state index in [1.165, 1.54) is 25.1 Å². The molecule has 0 fully saturated rings. The summed E-state index contributed by atoms with van der Waals surface area (Å²) in [6.07, 6.45) is 13.4. The SMILES string of the molecule is C#CCCCCNC1=NCCCCC1. The smallest absolute Gasteiger partial charge is 0.0963 e. The van der Waals surface area contributed by atoms with Gasteiger partial charge in [0.05, 0.1) is 5.84 Å². The van der Waals surface area contributed by atoms with Crippen LogP contribution in [0.4, 0.5) is 0 Å². The van der Waals surface area contributed by atoms with Gasteiger partial charge in [-0.25, -0.2) is 0 Å². The fourth-order valence-corrected chi connectivity index (χ4v) is 1.60. The van der Waals surface area contributed by atoms with E-state index in [2.05, 4.69) is 16.2 Å². The van der Waals surface area contributed by atoms with Gasteiger partial charge >= 0.3 is 0 Å². The molecule has 0 amide bonds.